The number of pyridine rings is 1. The molecule has 0 aliphatic rings. The lowest BCUT2D eigenvalue weighted by molar-refractivity contribution is -0.385. The molecule has 1 aromatic heterocycles. The maximum Gasteiger partial charge on any atom is 0.300 e. The van der Waals surface area contributed by atoms with E-state index in [-0.39, 0.29) is 22.4 Å². The van der Waals surface area contributed by atoms with Crippen molar-refractivity contribution in [2.45, 2.75) is 19.9 Å². The summed E-state index contributed by atoms with van der Waals surface area (Å²) < 4.78 is 0. The highest BCUT2D eigenvalue weighted by molar-refractivity contribution is 6.29. The molecule has 0 spiro atoms. The van der Waals surface area contributed by atoms with Crippen molar-refractivity contribution in [2.24, 2.45) is 0 Å². The Kier molecular flexibility index (Phi) is 6.04. The number of aromatic nitrogens is 1. The maximum atomic E-state index is 12.6. The number of hydrogen-bond donors (Lipinski definition) is 0. The molecule has 0 N–H and O–H groups in total. The molecular weight excluding hydrogens is 296 g/mol. The summed E-state index contributed by atoms with van der Waals surface area (Å²) in [5, 5.41) is 11.1. The zero-order valence-electron chi connectivity index (χ0n) is 12.5. The van der Waals surface area contributed by atoms with Crippen molar-refractivity contribution in [3.63, 3.8) is 0 Å². The van der Waals surface area contributed by atoms with Crippen molar-refractivity contribution in [3.8, 4) is 0 Å². The monoisotopic (exact) mass is 314 g/mol. The number of amides is 1. The fourth-order valence-corrected chi connectivity index (χ4v) is 2.33. The summed E-state index contributed by atoms with van der Waals surface area (Å²) in [6.07, 6.45) is 1.01. The summed E-state index contributed by atoms with van der Waals surface area (Å²) in [6.45, 7) is 4.84. The summed E-state index contributed by atoms with van der Waals surface area (Å²) in [5.41, 5.74) is -0.368. The van der Waals surface area contributed by atoms with Gasteiger partial charge in [0.15, 0.2) is 0 Å². The van der Waals surface area contributed by atoms with Gasteiger partial charge < -0.3 is 9.80 Å². The van der Waals surface area contributed by atoms with E-state index in [2.05, 4.69) is 4.98 Å². The standard InChI is InChI=1S/C13H19ClN4O3/c1-5-17(9(2)8-16(3)4)13(19)10-6-12(14)15-7-11(10)18(20)21/h6-7,9H,5,8H2,1-4H3. The average molecular weight is 315 g/mol. The number of carbonyl (C=O) groups excluding carboxylic acids is 1. The Balaban J connectivity index is 3.16. The van der Waals surface area contributed by atoms with E-state index in [4.69, 9.17) is 11.6 Å². The molecule has 0 saturated heterocycles. The molecule has 0 aromatic carbocycles. The second kappa shape index (κ2) is 7.33. The molecule has 1 atom stereocenters. The van der Waals surface area contributed by atoms with E-state index in [9.17, 15) is 14.9 Å². The fourth-order valence-electron chi connectivity index (χ4n) is 2.18. The third-order valence-corrected chi connectivity index (χ3v) is 3.25. The predicted molar refractivity (Wildman–Crippen MR) is 80.6 cm³/mol. The first-order valence-electron chi connectivity index (χ1n) is 6.53. The van der Waals surface area contributed by atoms with Crippen molar-refractivity contribution >= 4 is 23.2 Å². The Hall–Kier alpha value is -1.73. The van der Waals surface area contributed by atoms with E-state index in [1.54, 1.807) is 4.90 Å². The number of likely N-dealkylation sites (N-methyl/N-ethyl adjacent to an activating group) is 2. The van der Waals surface area contributed by atoms with Gasteiger partial charge in [-0.3, -0.25) is 14.9 Å². The van der Waals surface area contributed by atoms with Gasteiger partial charge in [-0.05, 0) is 34.0 Å². The van der Waals surface area contributed by atoms with Crippen LogP contribution in [-0.4, -0.2) is 58.8 Å². The summed E-state index contributed by atoms with van der Waals surface area (Å²) in [6, 6.07) is 1.16. The van der Waals surface area contributed by atoms with Crippen LogP contribution in [0.4, 0.5) is 5.69 Å². The summed E-state index contributed by atoms with van der Waals surface area (Å²) >= 11 is 5.76. The first-order valence-corrected chi connectivity index (χ1v) is 6.91. The van der Waals surface area contributed by atoms with Crippen LogP contribution in [-0.2, 0) is 0 Å². The minimum absolute atomic E-state index is 0.0348. The molecule has 0 aliphatic carbocycles. The summed E-state index contributed by atoms with van der Waals surface area (Å²) in [7, 11) is 3.81. The highest BCUT2D eigenvalue weighted by Crippen LogP contribution is 2.22. The Morgan fingerprint density at radius 2 is 2.14 bits per heavy atom. The lowest BCUT2D eigenvalue weighted by Crippen LogP contribution is -2.43. The molecular formula is C13H19ClN4O3. The van der Waals surface area contributed by atoms with E-state index < -0.39 is 10.8 Å². The SMILES string of the molecule is CCN(C(=O)c1cc(Cl)ncc1[N+](=O)[O-])C(C)CN(C)C. The molecule has 1 aromatic rings. The molecule has 7 nitrogen and oxygen atoms in total. The molecule has 1 rings (SSSR count). The minimum Gasteiger partial charge on any atom is -0.335 e. The van der Waals surface area contributed by atoms with Gasteiger partial charge in [-0.1, -0.05) is 11.6 Å². The lowest BCUT2D eigenvalue weighted by Gasteiger charge is -2.30. The third kappa shape index (κ3) is 4.37. The zero-order valence-corrected chi connectivity index (χ0v) is 13.3. The largest absolute Gasteiger partial charge is 0.335 e. The number of hydrogen-bond acceptors (Lipinski definition) is 5. The molecule has 0 radical (unpaired) electrons. The minimum atomic E-state index is -0.624. The molecule has 0 aliphatic heterocycles. The Bertz CT molecular complexity index is 536. The van der Waals surface area contributed by atoms with E-state index >= 15 is 0 Å². The smallest absolute Gasteiger partial charge is 0.300 e. The molecule has 116 valence electrons. The lowest BCUT2D eigenvalue weighted by atomic mass is 10.1. The van der Waals surface area contributed by atoms with Gasteiger partial charge in [-0.15, -0.1) is 0 Å². The van der Waals surface area contributed by atoms with Crippen molar-refractivity contribution < 1.29 is 9.72 Å². The van der Waals surface area contributed by atoms with Gasteiger partial charge in [0.25, 0.3) is 11.6 Å². The molecule has 1 heterocycles. The van der Waals surface area contributed by atoms with Crippen LogP contribution in [0.15, 0.2) is 12.3 Å². The molecule has 0 bridgehead atoms. The number of nitro groups is 1. The quantitative estimate of drug-likeness (QED) is 0.456. The number of halogens is 1. The van der Waals surface area contributed by atoms with E-state index in [1.165, 1.54) is 6.07 Å². The highest BCUT2D eigenvalue weighted by Gasteiger charge is 2.27. The average Bonchev–Trinajstić information content (AvgIpc) is 2.37. The molecule has 0 fully saturated rings. The maximum absolute atomic E-state index is 12.6. The van der Waals surface area contributed by atoms with Crippen LogP contribution in [0, 0.1) is 10.1 Å². The fraction of sp³-hybridized carbons (Fsp3) is 0.538. The Labute approximate surface area is 128 Å². The predicted octanol–water partition coefficient (Wildman–Crippen LogP) is 2.06. The Morgan fingerprint density at radius 3 is 2.62 bits per heavy atom. The van der Waals surface area contributed by atoms with Crippen molar-refractivity contribution in [1.82, 2.24) is 14.8 Å². The second-order valence-corrected chi connectivity index (χ2v) is 5.37. The topological polar surface area (TPSA) is 79.6 Å². The van der Waals surface area contributed by atoms with E-state index in [1.807, 2.05) is 32.8 Å². The van der Waals surface area contributed by atoms with Gasteiger partial charge in [0.1, 0.15) is 16.9 Å². The summed E-state index contributed by atoms with van der Waals surface area (Å²) in [5.74, 6) is -0.414. The van der Waals surface area contributed by atoms with Crippen LogP contribution in [0.25, 0.3) is 0 Å². The van der Waals surface area contributed by atoms with Crippen LogP contribution in [0.2, 0.25) is 5.15 Å². The first-order chi connectivity index (χ1) is 9.77. The molecule has 0 saturated carbocycles. The molecule has 1 amide bonds. The van der Waals surface area contributed by atoms with Crippen LogP contribution in [0.1, 0.15) is 24.2 Å². The molecule has 1 unspecified atom stereocenters. The van der Waals surface area contributed by atoms with Crippen molar-refractivity contribution in [3.05, 3.63) is 33.1 Å². The normalized spacial score (nSPS) is 12.3. The van der Waals surface area contributed by atoms with Crippen LogP contribution in [0.3, 0.4) is 0 Å². The molecule has 21 heavy (non-hydrogen) atoms. The van der Waals surface area contributed by atoms with Gasteiger partial charge in [0.05, 0.1) is 4.92 Å². The van der Waals surface area contributed by atoms with Crippen LogP contribution < -0.4 is 0 Å². The highest BCUT2D eigenvalue weighted by atomic mass is 35.5. The second-order valence-electron chi connectivity index (χ2n) is 4.98. The van der Waals surface area contributed by atoms with E-state index in [0.717, 1.165) is 6.20 Å². The van der Waals surface area contributed by atoms with Gasteiger partial charge in [-0.2, -0.15) is 0 Å². The van der Waals surface area contributed by atoms with Crippen molar-refractivity contribution in [1.29, 1.82) is 0 Å². The zero-order chi connectivity index (χ0) is 16.2. The third-order valence-electron chi connectivity index (χ3n) is 3.04. The van der Waals surface area contributed by atoms with Gasteiger partial charge in [0.2, 0.25) is 0 Å². The van der Waals surface area contributed by atoms with Gasteiger partial charge in [0, 0.05) is 19.1 Å². The van der Waals surface area contributed by atoms with E-state index in [0.29, 0.717) is 13.1 Å². The van der Waals surface area contributed by atoms with Crippen molar-refractivity contribution in [2.75, 3.05) is 27.2 Å². The molecule has 8 heteroatoms. The first kappa shape index (κ1) is 17.3. The van der Waals surface area contributed by atoms with Gasteiger partial charge in [-0.25, -0.2) is 4.98 Å². The van der Waals surface area contributed by atoms with Gasteiger partial charge >= 0.3 is 0 Å². The Morgan fingerprint density at radius 1 is 1.52 bits per heavy atom. The number of rotatable bonds is 6. The number of carbonyl (C=O) groups is 1. The number of nitrogens with zero attached hydrogens (tertiary/aromatic N) is 4. The van der Waals surface area contributed by atoms with Crippen LogP contribution in [0.5, 0.6) is 0 Å². The van der Waals surface area contributed by atoms with Crippen LogP contribution >= 0.6 is 11.6 Å². The summed E-state index contributed by atoms with van der Waals surface area (Å²) in [4.78, 5) is 30.2.